The Kier molecular flexibility index (Phi) is 7.48. The second-order valence-corrected chi connectivity index (χ2v) is 13.0. The molecule has 0 radical (unpaired) electrons. The molecule has 1 aliphatic rings. The average molecular weight is 641 g/mol. The van der Waals surface area contributed by atoms with E-state index >= 15 is 0 Å². The molecule has 0 saturated heterocycles. The molecule has 238 valence electrons. The Balaban J connectivity index is 1.07. The third-order valence-corrected chi connectivity index (χ3v) is 10.1. The van der Waals surface area contributed by atoms with Crippen molar-refractivity contribution in [2.45, 2.75) is 6.42 Å². The van der Waals surface area contributed by atoms with Crippen LogP contribution in [0.4, 0.5) is 22.7 Å². The first-order chi connectivity index (χ1) is 24.7. The molecule has 9 rings (SSSR count). The molecule has 2 nitrogen and oxygen atoms in total. The molecule has 0 aromatic heterocycles. The van der Waals surface area contributed by atoms with Crippen LogP contribution in [0.25, 0.3) is 44.4 Å². The molecule has 0 fully saturated rings. The minimum Gasteiger partial charge on any atom is -0.347 e. The van der Waals surface area contributed by atoms with E-state index < -0.39 is 0 Å². The minimum atomic E-state index is 0.882. The molecule has 0 heterocycles. The highest BCUT2D eigenvalue weighted by molar-refractivity contribution is 6.04. The third kappa shape index (κ3) is 5.32. The van der Waals surface area contributed by atoms with Crippen molar-refractivity contribution >= 4 is 56.1 Å². The summed E-state index contributed by atoms with van der Waals surface area (Å²) in [5.41, 5.74) is 11.0. The van der Waals surface area contributed by atoms with Gasteiger partial charge in [-0.2, -0.15) is 0 Å². The van der Waals surface area contributed by atoms with E-state index in [1.807, 2.05) is 0 Å². The van der Waals surface area contributed by atoms with Crippen LogP contribution in [-0.2, 0) is 6.42 Å². The predicted octanol–water partition coefficient (Wildman–Crippen LogP) is 10.8. The van der Waals surface area contributed by atoms with Gasteiger partial charge in [0.15, 0.2) is 0 Å². The van der Waals surface area contributed by atoms with Crippen molar-refractivity contribution in [2.24, 2.45) is 0 Å². The van der Waals surface area contributed by atoms with E-state index in [1.165, 1.54) is 65.6 Å². The lowest BCUT2D eigenvalue weighted by molar-refractivity contribution is 1.11. The molecular formula is C48H36N2. The summed E-state index contributed by atoms with van der Waals surface area (Å²) in [5, 5.41) is 7.45. The topological polar surface area (TPSA) is 6.48 Å². The van der Waals surface area contributed by atoms with Gasteiger partial charge in [0, 0.05) is 46.5 Å². The second-order valence-electron chi connectivity index (χ2n) is 13.0. The SMILES string of the molecule is CN(C1=c2ccccc2=Cc2ccccc2C1)c1ccc(-c2ccc(N(c3cccc4ccccc34)c3cccc4ccccc34)cc2)cc1. The Bertz CT molecular complexity index is 2550. The summed E-state index contributed by atoms with van der Waals surface area (Å²) >= 11 is 0. The van der Waals surface area contributed by atoms with Gasteiger partial charge in [-0.05, 0) is 80.7 Å². The van der Waals surface area contributed by atoms with Gasteiger partial charge in [0.2, 0.25) is 0 Å². The van der Waals surface area contributed by atoms with Crippen molar-refractivity contribution in [3.63, 3.8) is 0 Å². The molecule has 8 aromatic carbocycles. The van der Waals surface area contributed by atoms with Gasteiger partial charge < -0.3 is 9.80 Å². The van der Waals surface area contributed by atoms with Crippen LogP contribution >= 0.6 is 0 Å². The largest absolute Gasteiger partial charge is 0.347 e. The Morgan fingerprint density at radius 1 is 0.440 bits per heavy atom. The number of likely N-dealkylation sites (N-methyl/N-ethyl adjacent to an activating group) is 1. The number of anilines is 4. The Morgan fingerprint density at radius 3 is 1.62 bits per heavy atom. The van der Waals surface area contributed by atoms with Crippen molar-refractivity contribution in [2.75, 3.05) is 16.8 Å². The summed E-state index contributed by atoms with van der Waals surface area (Å²) in [7, 11) is 2.19. The third-order valence-electron chi connectivity index (χ3n) is 10.1. The lowest BCUT2D eigenvalue weighted by Gasteiger charge is -2.28. The van der Waals surface area contributed by atoms with E-state index in [4.69, 9.17) is 0 Å². The van der Waals surface area contributed by atoms with Crippen molar-refractivity contribution in [1.82, 2.24) is 0 Å². The smallest absolute Gasteiger partial charge is 0.0540 e. The fourth-order valence-corrected chi connectivity index (χ4v) is 7.51. The van der Waals surface area contributed by atoms with E-state index in [9.17, 15) is 0 Å². The number of hydrogen-bond donors (Lipinski definition) is 0. The van der Waals surface area contributed by atoms with Gasteiger partial charge in [0.1, 0.15) is 0 Å². The van der Waals surface area contributed by atoms with E-state index in [2.05, 4.69) is 205 Å². The quantitative estimate of drug-likeness (QED) is 0.178. The van der Waals surface area contributed by atoms with Gasteiger partial charge in [-0.1, -0.05) is 146 Å². The fourth-order valence-electron chi connectivity index (χ4n) is 7.51. The molecule has 2 heteroatoms. The average Bonchev–Trinajstić information content (AvgIpc) is 3.35. The molecule has 0 N–H and O–H groups in total. The zero-order valence-electron chi connectivity index (χ0n) is 28.0. The first kappa shape index (κ1) is 29.7. The van der Waals surface area contributed by atoms with Crippen LogP contribution in [0, 0.1) is 0 Å². The van der Waals surface area contributed by atoms with Crippen LogP contribution in [0.2, 0.25) is 0 Å². The van der Waals surface area contributed by atoms with Gasteiger partial charge in [-0.25, -0.2) is 0 Å². The first-order valence-corrected chi connectivity index (χ1v) is 17.3. The molecule has 0 aliphatic heterocycles. The molecule has 0 saturated carbocycles. The lowest BCUT2D eigenvalue weighted by atomic mass is 10.0. The first-order valence-electron chi connectivity index (χ1n) is 17.3. The zero-order chi connectivity index (χ0) is 33.4. The molecular weight excluding hydrogens is 605 g/mol. The zero-order valence-corrected chi connectivity index (χ0v) is 28.0. The molecule has 0 bridgehead atoms. The number of nitrogens with zero attached hydrogens (tertiary/aromatic N) is 2. The fraction of sp³-hybridized carbons (Fsp3) is 0.0417. The summed E-state index contributed by atoms with van der Waals surface area (Å²) in [6, 6.07) is 65.9. The predicted molar refractivity (Wildman–Crippen MR) is 213 cm³/mol. The van der Waals surface area contributed by atoms with Crippen LogP contribution in [0.5, 0.6) is 0 Å². The van der Waals surface area contributed by atoms with Gasteiger partial charge in [-0.3, -0.25) is 0 Å². The highest BCUT2D eigenvalue weighted by Crippen LogP contribution is 2.42. The molecule has 1 aliphatic carbocycles. The molecule has 0 amide bonds. The lowest BCUT2D eigenvalue weighted by Crippen LogP contribution is -2.32. The van der Waals surface area contributed by atoms with Crippen molar-refractivity contribution in [3.8, 4) is 11.1 Å². The van der Waals surface area contributed by atoms with Crippen LogP contribution in [0.1, 0.15) is 11.1 Å². The molecule has 0 spiro atoms. The number of benzene rings is 8. The van der Waals surface area contributed by atoms with E-state index in [-0.39, 0.29) is 0 Å². The number of fused-ring (bicyclic) bond motifs is 4. The highest BCUT2D eigenvalue weighted by atomic mass is 15.1. The summed E-state index contributed by atoms with van der Waals surface area (Å²) in [5.74, 6) is 0. The minimum absolute atomic E-state index is 0.882. The Labute approximate surface area is 293 Å². The van der Waals surface area contributed by atoms with Crippen LogP contribution in [0.15, 0.2) is 182 Å². The summed E-state index contributed by atoms with van der Waals surface area (Å²) in [6.07, 6.45) is 3.20. The normalized spacial score (nSPS) is 12.1. The number of rotatable bonds is 6. The van der Waals surface area contributed by atoms with E-state index in [0.29, 0.717) is 0 Å². The van der Waals surface area contributed by atoms with Gasteiger partial charge in [-0.15, -0.1) is 0 Å². The molecule has 0 atom stereocenters. The summed E-state index contributed by atoms with van der Waals surface area (Å²) in [6.45, 7) is 0. The highest BCUT2D eigenvalue weighted by Gasteiger charge is 2.18. The van der Waals surface area contributed by atoms with Crippen LogP contribution in [0.3, 0.4) is 0 Å². The van der Waals surface area contributed by atoms with Gasteiger partial charge in [0.25, 0.3) is 0 Å². The van der Waals surface area contributed by atoms with Gasteiger partial charge >= 0.3 is 0 Å². The van der Waals surface area contributed by atoms with E-state index in [1.54, 1.807) is 0 Å². The molecule has 8 aromatic rings. The maximum absolute atomic E-state index is 2.41. The van der Waals surface area contributed by atoms with Crippen LogP contribution < -0.4 is 20.2 Å². The maximum atomic E-state index is 2.41. The van der Waals surface area contributed by atoms with Crippen molar-refractivity contribution in [1.29, 1.82) is 0 Å². The molecule has 0 unspecified atom stereocenters. The van der Waals surface area contributed by atoms with Crippen molar-refractivity contribution < 1.29 is 0 Å². The summed E-state index contributed by atoms with van der Waals surface area (Å²) in [4.78, 5) is 4.76. The second kappa shape index (κ2) is 12.6. The Hall–Kier alpha value is -6.38. The summed E-state index contributed by atoms with van der Waals surface area (Å²) < 4.78 is 0. The monoisotopic (exact) mass is 640 g/mol. The number of hydrogen-bond acceptors (Lipinski definition) is 2. The maximum Gasteiger partial charge on any atom is 0.0540 e. The standard InChI is InChI=1S/C48H36N2/c1-49(48-33-39-15-3-2-14-38(39)32-40-16-6-9-21-45(40)48)41-28-24-34(25-29-41)35-26-30-42(31-27-35)50(46-22-10-17-36-12-4-7-19-43(36)46)47-23-11-18-37-13-5-8-20-44(37)47/h2-32H,33H2,1H3. The molecule has 50 heavy (non-hydrogen) atoms. The van der Waals surface area contributed by atoms with Gasteiger partial charge in [0.05, 0.1) is 11.4 Å². The Morgan fingerprint density at radius 2 is 0.960 bits per heavy atom. The van der Waals surface area contributed by atoms with Crippen LogP contribution in [-0.4, -0.2) is 7.05 Å². The van der Waals surface area contributed by atoms with E-state index in [0.717, 1.165) is 23.5 Å². The van der Waals surface area contributed by atoms with Crippen molar-refractivity contribution in [3.05, 3.63) is 204 Å².